The lowest BCUT2D eigenvalue weighted by Crippen LogP contribution is -2.48. The van der Waals surface area contributed by atoms with Gasteiger partial charge in [0.1, 0.15) is 0 Å². The van der Waals surface area contributed by atoms with Crippen molar-refractivity contribution >= 4 is 28.9 Å². The Hall–Kier alpha value is -2.24. The molecule has 5 nitrogen and oxygen atoms in total. The number of carbonyl (C=O) groups excluding carboxylic acids is 1. The van der Waals surface area contributed by atoms with E-state index in [2.05, 4.69) is 27.2 Å². The molecule has 1 heterocycles. The van der Waals surface area contributed by atoms with Crippen LogP contribution in [-0.2, 0) is 0 Å². The fourth-order valence-electron chi connectivity index (χ4n) is 3.24. The van der Waals surface area contributed by atoms with E-state index in [-0.39, 0.29) is 5.91 Å². The lowest BCUT2D eigenvalue weighted by Gasteiger charge is -2.36. The number of hydrogen-bond donors (Lipinski definition) is 1. The monoisotopic (exact) mass is 386 g/mol. The van der Waals surface area contributed by atoms with Crippen LogP contribution in [-0.4, -0.2) is 64.2 Å². The normalized spacial score (nSPS) is 14.9. The smallest absolute Gasteiger partial charge is 0.251 e. The minimum Gasteiger partial charge on any atom is -0.378 e. The number of piperazine rings is 1. The van der Waals surface area contributed by atoms with Crippen molar-refractivity contribution in [2.75, 3.05) is 63.2 Å². The third kappa shape index (κ3) is 5.37. The van der Waals surface area contributed by atoms with E-state index >= 15 is 0 Å². The highest BCUT2D eigenvalue weighted by atomic mass is 35.5. The van der Waals surface area contributed by atoms with E-state index in [0.717, 1.165) is 43.4 Å². The van der Waals surface area contributed by atoms with Gasteiger partial charge in [-0.15, -0.1) is 0 Å². The van der Waals surface area contributed by atoms with Crippen LogP contribution in [0.25, 0.3) is 0 Å². The molecule has 0 saturated carbocycles. The summed E-state index contributed by atoms with van der Waals surface area (Å²) in [7, 11) is 3.95. The van der Waals surface area contributed by atoms with Crippen LogP contribution in [0, 0.1) is 0 Å². The summed E-state index contributed by atoms with van der Waals surface area (Å²) in [4.78, 5) is 19.1. The van der Waals surface area contributed by atoms with Crippen LogP contribution in [0.4, 0.5) is 11.4 Å². The average Bonchev–Trinajstić information content (AvgIpc) is 2.69. The van der Waals surface area contributed by atoms with Gasteiger partial charge >= 0.3 is 0 Å². The van der Waals surface area contributed by atoms with Gasteiger partial charge in [0.05, 0.1) is 0 Å². The van der Waals surface area contributed by atoms with Crippen LogP contribution in [0.1, 0.15) is 10.4 Å². The minimum absolute atomic E-state index is 0.0153. The maximum Gasteiger partial charge on any atom is 0.251 e. The van der Waals surface area contributed by atoms with E-state index in [9.17, 15) is 4.79 Å². The fourth-order valence-corrected chi connectivity index (χ4v) is 3.36. The molecule has 0 unspecified atom stereocenters. The number of hydrogen-bond acceptors (Lipinski definition) is 4. The number of nitrogens with zero attached hydrogens (tertiary/aromatic N) is 3. The molecule has 1 aliphatic rings. The van der Waals surface area contributed by atoms with E-state index in [1.54, 1.807) is 0 Å². The molecular formula is C21H27ClN4O. The van der Waals surface area contributed by atoms with Crippen molar-refractivity contribution < 1.29 is 4.79 Å². The molecule has 1 amide bonds. The highest BCUT2D eigenvalue weighted by Crippen LogP contribution is 2.19. The molecule has 0 spiro atoms. The predicted octanol–water partition coefficient (Wildman–Crippen LogP) is 2.96. The first-order valence-corrected chi connectivity index (χ1v) is 9.69. The zero-order valence-electron chi connectivity index (χ0n) is 16.0. The zero-order valence-corrected chi connectivity index (χ0v) is 16.7. The highest BCUT2D eigenvalue weighted by molar-refractivity contribution is 6.30. The van der Waals surface area contributed by atoms with Gasteiger partial charge in [-0.1, -0.05) is 17.7 Å². The van der Waals surface area contributed by atoms with Crippen LogP contribution in [0.3, 0.4) is 0 Å². The molecule has 0 atom stereocenters. The zero-order chi connectivity index (χ0) is 19.2. The van der Waals surface area contributed by atoms with Crippen LogP contribution in [0.5, 0.6) is 0 Å². The number of benzene rings is 2. The van der Waals surface area contributed by atoms with E-state index in [0.29, 0.717) is 12.1 Å². The van der Waals surface area contributed by atoms with E-state index in [4.69, 9.17) is 11.6 Å². The number of anilines is 2. The maximum atomic E-state index is 12.4. The molecule has 1 saturated heterocycles. The lowest BCUT2D eigenvalue weighted by molar-refractivity contribution is 0.0948. The Morgan fingerprint density at radius 3 is 2.44 bits per heavy atom. The third-order valence-corrected chi connectivity index (χ3v) is 5.15. The summed E-state index contributed by atoms with van der Waals surface area (Å²) in [5.41, 5.74) is 2.95. The molecule has 1 aliphatic heterocycles. The molecule has 6 heteroatoms. The first-order valence-electron chi connectivity index (χ1n) is 9.31. The van der Waals surface area contributed by atoms with Crippen LogP contribution in [0.2, 0.25) is 5.02 Å². The lowest BCUT2D eigenvalue weighted by atomic mass is 10.2. The quantitative estimate of drug-likeness (QED) is 0.828. The Morgan fingerprint density at radius 2 is 1.78 bits per heavy atom. The fraction of sp³-hybridized carbons (Fsp3) is 0.381. The SMILES string of the molecule is CN(C)c1cccc(C(=O)NCCN2CCN(c3ccc(Cl)cc3)CC2)c1. The Bertz CT molecular complexity index is 755. The second kappa shape index (κ2) is 9.11. The summed E-state index contributed by atoms with van der Waals surface area (Å²) in [6.45, 7) is 5.49. The first kappa shape index (κ1) is 19.5. The average molecular weight is 387 g/mol. The molecule has 0 aromatic heterocycles. The molecule has 0 aliphatic carbocycles. The maximum absolute atomic E-state index is 12.4. The van der Waals surface area contributed by atoms with Gasteiger partial charge in [-0.2, -0.15) is 0 Å². The van der Waals surface area contributed by atoms with Crippen molar-refractivity contribution in [3.05, 3.63) is 59.1 Å². The molecule has 1 N–H and O–H groups in total. The molecular weight excluding hydrogens is 360 g/mol. The first-order chi connectivity index (χ1) is 13.0. The van der Waals surface area contributed by atoms with Gasteiger partial charge in [-0.3, -0.25) is 9.69 Å². The number of carbonyl (C=O) groups is 1. The van der Waals surface area contributed by atoms with Crippen LogP contribution < -0.4 is 15.1 Å². The Labute approximate surface area is 166 Å². The van der Waals surface area contributed by atoms with Gasteiger partial charge in [0, 0.05) is 75.3 Å². The van der Waals surface area contributed by atoms with Crippen molar-refractivity contribution in [2.45, 2.75) is 0 Å². The van der Waals surface area contributed by atoms with Gasteiger partial charge in [-0.25, -0.2) is 0 Å². The Kier molecular flexibility index (Phi) is 6.58. The predicted molar refractivity (Wildman–Crippen MR) is 113 cm³/mol. The number of amides is 1. The van der Waals surface area contributed by atoms with E-state index in [1.165, 1.54) is 5.69 Å². The molecule has 2 aromatic carbocycles. The van der Waals surface area contributed by atoms with Crippen molar-refractivity contribution in [1.82, 2.24) is 10.2 Å². The number of halogens is 1. The van der Waals surface area contributed by atoms with Crippen LogP contribution in [0.15, 0.2) is 48.5 Å². The Balaban J connectivity index is 1.42. The molecule has 0 radical (unpaired) electrons. The van der Waals surface area contributed by atoms with Gasteiger partial charge in [-0.05, 0) is 42.5 Å². The summed E-state index contributed by atoms with van der Waals surface area (Å²) < 4.78 is 0. The molecule has 2 aromatic rings. The largest absolute Gasteiger partial charge is 0.378 e. The second-order valence-corrected chi connectivity index (χ2v) is 7.44. The van der Waals surface area contributed by atoms with Crippen molar-refractivity contribution in [3.63, 3.8) is 0 Å². The second-order valence-electron chi connectivity index (χ2n) is 7.01. The minimum atomic E-state index is -0.0153. The summed E-state index contributed by atoms with van der Waals surface area (Å²) in [6, 6.07) is 15.7. The van der Waals surface area contributed by atoms with Gasteiger partial charge in [0.15, 0.2) is 0 Å². The standard InChI is InChI=1S/C21H27ClN4O/c1-24(2)20-5-3-4-17(16-20)21(27)23-10-11-25-12-14-26(15-13-25)19-8-6-18(22)7-9-19/h3-9,16H,10-15H2,1-2H3,(H,23,27). The van der Waals surface area contributed by atoms with Gasteiger partial charge in [0.2, 0.25) is 0 Å². The van der Waals surface area contributed by atoms with Crippen molar-refractivity contribution in [3.8, 4) is 0 Å². The Morgan fingerprint density at radius 1 is 1.07 bits per heavy atom. The molecule has 0 bridgehead atoms. The molecule has 1 fully saturated rings. The summed E-state index contributed by atoms with van der Waals surface area (Å²) in [5.74, 6) is -0.0153. The number of nitrogens with one attached hydrogen (secondary N) is 1. The molecule has 144 valence electrons. The summed E-state index contributed by atoms with van der Waals surface area (Å²) >= 11 is 5.96. The number of rotatable bonds is 6. The van der Waals surface area contributed by atoms with E-state index in [1.807, 2.05) is 55.4 Å². The highest BCUT2D eigenvalue weighted by Gasteiger charge is 2.17. The summed E-state index contributed by atoms with van der Waals surface area (Å²) in [6.07, 6.45) is 0. The van der Waals surface area contributed by atoms with Crippen molar-refractivity contribution in [1.29, 1.82) is 0 Å². The summed E-state index contributed by atoms with van der Waals surface area (Å²) in [5, 5.41) is 3.80. The van der Waals surface area contributed by atoms with Gasteiger partial charge < -0.3 is 15.1 Å². The van der Waals surface area contributed by atoms with Crippen LogP contribution >= 0.6 is 11.6 Å². The molecule has 3 rings (SSSR count). The topological polar surface area (TPSA) is 38.8 Å². The molecule has 27 heavy (non-hydrogen) atoms. The van der Waals surface area contributed by atoms with Crippen molar-refractivity contribution in [2.24, 2.45) is 0 Å². The van der Waals surface area contributed by atoms with Gasteiger partial charge in [0.25, 0.3) is 5.91 Å². The van der Waals surface area contributed by atoms with E-state index < -0.39 is 0 Å². The third-order valence-electron chi connectivity index (χ3n) is 4.90.